The zero-order chi connectivity index (χ0) is 12.3. The van der Waals surface area contributed by atoms with Crippen molar-refractivity contribution in [3.05, 3.63) is 36.7 Å². The summed E-state index contributed by atoms with van der Waals surface area (Å²) in [5, 5.41) is 8.43. The van der Waals surface area contributed by atoms with Gasteiger partial charge in [-0.3, -0.25) is 0 Å². The molecule has 0 radical (unpaired) electrons. The first-order valence-electron chi connectivity index (χ1n) is 5.52. The van der Waals surface area contributed by atoms with E-state index >= 15 is 0 Å². The summed E-state index contributed by atoms with van der Waals surface area (Å²) in [6.45, 7) is 2.94. The molecular weight excluding hydrogens is 214 g/mol. The van der Waals surface area contributed by atoms with Gasteiger partial charge in [-0.25, -0.2) is 9.13 Å². The predicted octanol–water partition coefficient (Wildman–Crippen LogP) is 2.33. The summed E-state index contributed by atoms with van der Waals surface area (Å²) in [5.74, 6) is 0.823. The predicted molar refractivity (Wildman–Crippen MR) is 66.3 cm³/mol. The van der Waals surface area contributed by atoms with Crippen LogP contribution in [0.3, 0.4) is 0 Å². The Morgan fingerprint density at radius 3 is 2.59 bits per heavy atom. The van der Waals surface area contributed by atoms with E-state index < -0.39 is 0 Å². The molecule has 0 amide bonds. The maximum Gasteiger partial charge on any atom is 0.421 e. The maximum absolute atomic E-state index is 5.61. The molecule has 88 valence electrons. The van der Waals surface area contributed by atoms with Gasteiger partial charge in [-0.15, -0.1) is 0 Å². The quantitative estimate of drug-likeness (QED) is 0.491. The van der Waals surface area contributed by atoms with Gasteiger partial charge in [0.2, 0.25) is 0 Å². The van der Waals surface area contributed by atoms with E-state index in [-0.39, 0.29) is 0 Å². The van der Waals surface area contributed by atoms with E-state index in [9.17, 15) is 0 Å². The van der Waals surface area contributed by atoms with Crippen molar-refractivity contribution >= 4 is 17.3 Å². The van der Waals surface area contributed by atoms with Crippen LogP contribution in [0.4, 0.5) is 17.3 Å². The number of nitrogens with two attached hydrogens (primary N) is 1. The fourth-order valence-corrected chi connectivity index (χ4v) is 1.53. The van der Waals surface area contributed by atoms with E-state index in [0.29, 0.717) is 0 Å². The second kappa shape index (κ2) is 4.78. The van der Waals surface area contributed by atoms with Gasteiger partial charge in [0.05, 0.1) is 26.0 Å². The van der Waals surface area contributed by atoms with Gasteiger partial charge in [0.1, 0.15) is 5.69 Å². The second-order valence-corrected chi connectivity index (χ2v) is 3.79. The molecule has 0 spiro atoms. The molecule has 0 saturated carbocycles. The number of aromatic nitrogens is 2. The molecule has 2 N–H and O–H groups in total. The summed E-state index contributed by atoms with van der Waals surface area (Å²) in [7, 11) is 1.95. The van der Waals surface area contributed by atoms with Crippen LogP contribution in [0.1, 0.15) is 6.92 Å². The number of hydrogen-bond donors (Lipinski definition) is 1. The highest BCUT2D eigenvalue weighted by molar-refractivity contribution is 5.47. The number of imidazole rings is 1. The lowest BCUT2D eigenvalue weighted by molar-refractivity contribution is -0.657. The Morgan fingerprint density at radius 2 is 1.94 bits per heavy atom. The normalized spacial score (nSPS) is 11.2. The molecule has 0 atom stereocenters. The smallest absolute Gasteiger partial charge is 0.399 e. The van der Waals surface area contributed by atoms with Crippen LogP contribution < -0.4 is 10.3 Å². The van der Waals surface area contributed by atoms with Crippen molar-refractivity contribution in [1.82, 2.24) is 4.57 Å². The lowest BCUT2D eigenvalue weighted by atomic mass is 10.3. The molecule has 0 unspecified atom stereocenters. The minimum Gasteiger partial charge on any atom is -0.399 e. The van der Waals surface area contributed by atoms with Crippen molar-refractivity contribution in [2.75, 3.05) is 5.73 Å². The number of nitrogens with zero attached hydrogens (tertiary/aromatic N) is 4. The van der Waals surface area contributed by atoms with Crippen LogP contribution in [-0.2, 0) is 13.6 Å². The molecular formula is C12H16N5+. The summed E-state index contributed by atoms with van der Waals surface area (Å²) in [5.41, 5.74) is 7.13. The van der Waals surface area contributed by atoms with E-state index in [1.165, 1.54) is 0 Å². The van der Waals surface area contributed by atoms with E-state index in [2.05, 4.69) is 17.2 Å². The third-order valence-corrected chi connectivity index (χ3v) is 2.53. The van der Waals surface area contributed by atoms with Crippen LogP contribution in [0.2, 0.25) is 0 Å². The zero-order valence-corrected chi connectivity index (χ0v) is 10.0. The summed E-state index contributed by atoms with van der Waals surface area (Å²) >= 11 is 0. The first-order valence-corrected chi connectivity index (χ1v) is 5.52. The lowest BCUT2D eigenvalue weighted by Crippen LogP contribution is -2.25. The van der Waals surface area contributed by atoms with Crippen molar-refractivity contribution in [2.45, 2.75) is 13.5 Å². The van der Waals surface area contributed by atoms with Crippen LogP contribution in [-0.4, -0.2) is 4.57 Å². The van der Waals surface area contributed by atoms with Crippen LogP contribution in [0.25, 0.3) is 0 Å². The second-order valence-electron chi connectivity index (χ2n) is 3.79. The average Bonchev–Trinajstić information content (AvgIpc) is 2.69. The molecule has 0 aliphatic carbocycles. The van der Waals surface area contributed by atoms with Gasteiger partial charge in [-0.1, -0.05) is 5.11 Å². The summed E-state index contributed by atoms with van der Waals surface area (Å²) < 4.78 is 3.96. The Labute approximate surface area is 100 Å². The molecule has 1 aromatic carbocycles. The summed E-state index contributed by atoms with van der Waals surface area (Å²) in [4.78, 5) is 0. The lowest BCUT2D eigenvalue weighted by Gasteiger charge is -1.93. The molecule has 0 fully saturated rings. The standard InChI is InChI=1S/C12H15N5/c1-3-17-9-8-16(2)12(17)15-14-11-6-4-10(13)5-7-11/h4-9,13H,3H2,1-2H3/p+1. The average molecular weight is 230 g/mol. The zero-order valence-electron chi connectivity index (χ0n) is 10.0. The maximum atomic E-state index is 5.61. The van der Waals surface area contributed by atoms with Gasteiger partial charge >= 0.3 is 5.95 Å². The number of aryl methyl sites for hydroxylation is 2. The summed E-state index contributed by atoms with van der Waals surface area (Å²) in [6.07, 6.45) is 3.94. The molecule has 0 aliphatic rings. The topological polar surface area (TPSA) is 59.5 Å². The molecule has 17 heavy (non-hydrogen) atoms. The first-order chi connectivity index (χ1) is 8.20. The van der Waals surface area contributed by atoms with Gasteiger partial charge < -0.3 is 5.73 Å². The first kappa shape index (κ1) is 11.3. The molecule has 1 aromatic heterocycles. The Bertz CT molecular complexity index is 524. The molecule has 2 aromatic rings. The number of benzene rings is 1. The van der Waals surface area contributed by atoms with Crippen LogP contribution in [0.5, 0.6) is 0 Å². The van der Waals surface area contributed by atoms with Crippen LogP contribution >= 0.6 is 0 Å². The van der Waals surface area contributed by atoms with Crippen molar-refractivity contribution in [1.29, 1.82) is 0 Å². The molecule has 0 aliphatic heterocycles. The van der Waals surface area contributed by atoms with Gasteiger partial charge in [0.25, 0.3) is 0 Å². The number of nitrogen functional groups attached to an aromatic ring is 1. The number of hydrogen-bond acceptors (Lipinski definition) is 3. The fraction of sp³-hybridized carbons (Fsp3) is 0.250. The Kier molecular flexibility index (Phi) is 3.18. The number of anilines is 1. The molecule has 0 saturated heterocycles. The molecule has 5 heteroatoms. The van der Waals surface area contributed by atoms with Crippen LogP contribution in [0.15, 0.2) is 46.9 Å². The highest BCUT2D eigenvalue weighted by Crippen LogP contribution is 2.17. The molecule has 1 heterocycles. The third kappa shape index (κ3) is 2.50. The monoisotopic (exact) mass is 230 g/mol. The van der Waals surface area contributed by atoms with E-state index in [1.807, 2.05) is 52.8 Å². The van der Waals surface area contributed by atoms with Gasteiger partial charge in [-0.05, 0) is 31.2 Å². The van der Waals surface area contributed by atoms with Crippen molar-refractivity contribution in [2.24, 2.45) is 17.3 Å². The number of azo groups is 1. The third-order valence-electron chi connectivity index (χ3n) is 2.53. The SMILES string of the molecule is CCn1cc[n+](C)c1N=Nc1ccc(N)cc1. The Hall–Kier alpha value is -2.17. The molecule has 2 rings (SSSR count). The van der Waals surface area contributed by atoms with Crippen molar-refractivity contribution < 1.29 is 4.57 Å². The highest BCUT2D eigenvalue weighted by atomic mass is 15.3. The fourth-order valence-electron chi connectivity index (χ4n) is 1.53. The van der Waals surface area contributed by atoms with E-state index in [1.54, 1.807) is 0 Å². The molecule has 0 bridgehead atoms. The minimum atomic E-state index is 0.728. The number of rotatable bonds is 3. The van der Waals surface area contributed by atoms with Gasteiger partial charge in [0.15, 0.2) is 0 Å². The van der Waals surface area contributed by atoms with Crippen molar-refractivity contribution in [3.63, 3.8) is 0 Å². The van der Waals surface area contributed by atoms with E-state index in [0.717, 1.165) is 23.9 Å². The Morgan fingerprint density at radius 1 is 1.24 bits per heavy atom. The molecule has 5 nitrogen and oxygen atoms in total. The van der Waals surface area contributed by atoms with Crippen molar-refractivity contribution in [3.8, 4) is 0 Å². The minimum absolute atomic E-state index is 0.728. The van der Waals surface area contributed by atoms with Gasteiger partial charge in [-0.2, -0.15) is 0 Å². The van der Waals surface area contributed by atoms with Gasteiger partial charge in [0, 0.05) is 10.8 Å². The highest BCUT2D eigenvalue weighted by Gasteiger charge is 2.12. The van der Waals surface area contributed by atoms with Crippen LogP contribution in [0, 0.1) is 0 Å². The Balaban J connectivity index is 2.25. The largest absolute Gasteiger partial charge is 0.421 e. The van der Waals surface area contributed by atoms with E-state index in [4.69, 9.17) is 5.73 Å². The summed E-state index contributed by atoms with van der Waals surface area (Å²) in [6, 6.07) is 7.32.